The molecular weight excluding hydrogens is 1270 g/mol. The largest absolute Gasteiger partial charge is 0.508 e. The van der Waals surface area contributed by atoms with Gasteiger partial charge in [0, 0.05) is 32.6 Å². The third-order valence-electron chi connectivity index (χ3n) is 16.7. The summed E-state index contributed by atoms with van der Waals surface area (Å²) in [6.45, 7) is 6.84. The number of unbranched alkanes of at least 4 members (excludes halogenated alkanes) is 1. The highest BCUT2D eigenvalue weighted by Gasteiger charge is 2.41. The molecule has 0 radical (unpaired) electrons. The number of nitrogens with two attached hydrogens (primary N) is 7. The first-order valence-corrected chi connectivity index (χ1v) is 33.5. The van der Waals surface area contributed by atoms with Crippen molar-refractivity contribution < 1.29 is 62.6 Å². The zero-order valence-electron chi connectivity index (χ0n) is 56.6. The van der Waals surface area contributed by atoms with Gasteiger partial charge in [0.05, 0.1) is 19.0 Å². The lowest BCUT2D eigenvalue weighted by atomic mass is 9.96. The summed E-state index contributed by atoms with van der Waals surface area (Å²) in [5.41, 5.74) is 41.2. The van der Waals surface area contributed by atoms with Crippen molar-refractivity contribution in [2.45, 2.75) is 197 Å². The summed E-state index contributed by atoms with van der Waals surface area (Å²) in [5.74, 6) is -10.7. The van der Waals surface area contributed by atoms with Crippen molar-refractivity contribution in [3.63, 3.8) is 0 Å². The molecular formula is C65H104N20O13. The Labute approximate surface area is 571 Å². The fourth-order valence-electron chi connectivity index (χ4n) is 11.1. The third kappa shape index (κ3) is 28.6. The molecule has 542 valence electrons. The van der Waals surface area contributed by atoms with E-state index in [9.17, 15) is 62.6 Å². The van der Waals surface area contributed by atoms with Crippen molar-refractivity contribution in [1.29, 1.82) is 0 Å². The summed E-state index contributed by atoms with van der Waals surface area (Å²) in [4.78, 5) is 179. The second-order valence-electron chi connectivity index (χ2n) is 25.2. The minimum Gasteiger partial charge on any atom is -0.508 e. The fraction of sp³-hybridized carbons (Fsp3) is 0.600. The van der Waals surface area contributed by atoms with Gasteiger partial charge in [-0.3, -0.25) is 67.5 Å². The van der Waals surface area contributed by atoms with Gasteiger partial charge >= 0.3 is 0 Å². The Hall–Kier alpha value is -9.66. The first-order chi connectivity index (χ1) is 46.6. The SMILES string of the molecule is CC[C@H](C)[C@H](NC(=O)[C@H](CCCN=C(N)N)NC(=O)[C@@H]1CCCCNC(=O)C[C@@H](NC(=O)[C@@H](N)Cc2ccc(O)cc2)C(=O)NCC(=O)N[C@H](Cc2ccccc2)C(=O)N[C@@H](CC(C)C)C(=O)N1)C(=O)N[C@@H](CCCN=C(N)N)C(=O)N1CCC[C@@H]1C(=O)N[C@H](CCCCN)C(N)=O. The van der Waals surface area contributed by atoms with Crippen LogP contribution >= 0.6 is 0 Å². The number of phenolic OH excluding ortho intramolecular Hbond substituents is 1. The van der Waals surface area contributed by atoms with Gasteiger partial charge in [-0.15, -0.1) is 0 Å². The summed E-state index contributed by atoms with van der Waals surface area (Å²) in [7, 11) is 0. The molecule has 0 aliphatic carbocycles. The van der Waals surface area contributed by atoms with Gasteiger partial charge in [0.1, 0.15) is 60.1 Å². The molecule has 2 saturated heterocycles. The van der Waals surface area contributed by atoms with E-state index in [1.807, 2.05) is 0 Å². The predicted molar refractivity (Wildman–Crippen MR) is 365 cm³/mol. The van der Waals surface area contributed by atoms with Crippen LogP contribution in [0.15, 0.2) is 64.6 Å². The summed E-state index contributed by atoms with van der Waals surface area (Å²) in [6, 6.07) is 1.52. The van der Waals surface area contributed by atoms with Crippen LogP contribution in [0, 0.1) is 11.8 Å². The number of carbonyl (C=O) groups excluding carboxylic acids is 12. The Kier molecular flexibility index (Phi) is 34.7. The molecule has 2 aromatic carbocycles. The molecule has 2 aromatic rings. The Morgan fingerprint density at radius 3 is 1.90 bits per heavy atom. The number of carbonyl (C=O) groups is 12. The lowest BCUT2D eigenvalue weighted by Gasteiger charge is -2.32. The second-order valence-corrected chi connectivity index (χ2v) is 25.2. The Morgan fingerprint density at radius 1 is 0.643 bits per heavy atom. The first-order valence-electron chi connectivity index (χ1n) is 33.5. The zero-order chi connectivity index (χ0) is 72.4. The molecule has 4 rings (SSSR count). The van der Waals surface area contributed by atoms with Crippen LogP contribution in [0.3, 0.4) is 0 Å². The molecule has 98 heavy (non-hydrogen) atoms. The highest BCUT2D eigenvalue weighted by molar-refractivity contribution is 5.99. The van der Waals surface area contributed by atoms with Crippen LogP contribution in [0.1, 0.15) is 135 Å². The molecule has 0 saturated carbocycles. The van der Waals surface area contributed by atoms with E-state index >= 15 is 0 Å². The number of hydrogen-bond donors (Lipinski definition) is 18. The van der Waals surface area contributed by atoms with Crippen molar-refractivity contribution in [3.8, 4) is 5.75 Å². The van der Waals surface area contributed by atoms with Crippen LogP contribution in [0.2, 0.25) is 0 Å². The van der Waals surface area contributed by atoms with E-state index in [2.05, 4.69) is 63.2 Å². The number of aliphatic imine (C=N–C) groups is 2. The average molecular weight is 1370 g/mol. The van der Waals surface area contributed by atoms with E-state index in [4.69, 9.17) is 40.1 Å². The molecule has 33 heteroatoms. The van der Waals surface area contributed by atoms with E-state index in [0.29, 0.717) is 43.4 Å². The van der Waals surface area contributed by atoms with Gasteiger partial charge in [0.25, 0.3) is 0 Å². The molecule has 0 aromatic heterocycles. The molecule has 11 atom stereocenters. The van der Waals surface area contributed by atoms with Crippen LogP contribution in [0.25, 0.3) is 0 Å². The number of likely N-dealkylation sites (tertiary alicyclic amines) is 1. The van der Waals surface area contributed by atoms with Crippen molar-refractivity contribution in [2.75, 3.05) is 39.3 Å². The van der Waals surface area contributed by atoms with E-state index in [1.165, 1.54) is 17.0 Å². The van der Waals surface area contributed by atoms with Gasteiger partial charge in [0.2, 0.25) is 70.9 Å². The maximum Gasteiger partial charge on any atom is 0.245 e. The number of hydrogen-bond acceptors (Lipinski definition) is 17. The second kappa shape index (κ2) is 42.1. The maximum atomic E-state index is 14.9. The van der Waals surface area contributed by atoms with Gasteiger partial charge in [-0.05, 0) is 132 Å². The molecule has 0 spiro atoms. The molecule has 2 aliphatic rings. The summed E-state index contributed by atoms with van der Waals surface area (Å²) in [5, 5.41) is 36.6. The van der Waals surface area contributed by atoms with Gasteiger partial charge in [-0.1, -0.05) is 76.6 Å². The zero-order valence-corrected chi connectivity index (χ0v) is 56.6. The molecule has 12 amide bonds. The quantitative estimate of drug-likeness (QED) is 0.0189. The number of primary amides is 1. The summed E-state index contributed by atoms with van der Waals surface area (Å²) < 4.78 is 0. The highest BCUT2D eigenvalue weighted by atomic mass is 16.3. The number of rotatable bonds is 32. The number of nitrogens with one attached hydrogen (secondary N) is 10. The Bertz CT molecular complexity index is 3060. The molecule has 33 nitrogen and oxygen atoms in total. The van der Waals surface area contributed by atoms with Crippen LogP contribution in [0.4, 0.5) is 0 Å². The monoisotopic (exact) mass is 1370 g/mol. The van der Waals surface area contributed by atoms with Crippen LogP contribution in [-0.2, 0) is 70.4 Å². The van der Waals surface area contributed by atoms with Crippen molar-refractivity contribution >= 4 is 82.8 Å². The molecule has 2 fully saturated rings. The van der Waals surface area contributed by atoms with E-state index < -0.39 is 150 Å². The average Bonchev–Trinajstić information content (AvgIpc) is 1.94. The smallest absolute Gasteiger partial charge is 0.245 e. The topological polar surface area (TPSA) is 555 Å². The minimum absolute atomic E-state index is 0.00553. The highest BCUT2D eigenvalue weighted by Crippen LogP contribution is 2.22. The lowest BCUT2D eigenvalue weighted by Crippen LogP contribution is -2.61. The fourth-order valence-corrected chi connectivity index (χ4v) is 11.1. The predicted octanol–water partition coefficient (Wildman–Crippen LogP) is -4.01. The number of guanidine groups is 2. The number of amides is 12. The van der Waals surface area contributed by atoms with Crippen molar-refractivity contribution in [3.05, 3.63) is 65.7 Å². The number of nitrogens with zero attached hydrogens (tertiary/aromatic N) is 3. The standard InChI is InChI=1S/C65H104N20O13/c1-5-38(4)53(62(97)81-46(21-14-30-75-65(71)72)63(98)85-31-15-22-50(85)61(96)78-43(54(68)89)18-9-11-27-66)84-58(93)45(20-13-29-74-64(69)70)79-57(92)44-19-10-12-28-73-51(87)35-49(82-55(90)42(67)33-40-23-25-41(86)26-24-40)56(91)76-36-52(88)77-48(34-39-16-7-6-8-17-39)60(95)83-47(32-37(2)3)59(94)80-44/h6-8,16-17,23-26,37-38,42-50,53,86H,5,9-15,18-22,27-36,66-67H2,1-4H3,(H2,68,89)(H,73,87)(H,76,91)(H,77,88)(H,78,96)(H,79,92)(H,80,94)(H,81,97)(H,82,90)(H,83,95)(H,84,93)(H4,69,70,74)(H4,71,72,75)/t38-,42-,43+,44-,45-,46-,47-,48+,49+,50+,53-/m0/s1. The van der Waals surface area contributed by atoms with Crippen molar-refractivity contribution in [2.24, 2.45) is 62.0 Å². The number of phenols is 1. The van der Waals surface area contributed by atoms with Crippen LogP contribution < -0.4 is 93.3 Å². The lowest BCUT2D eigenvalue weighted by molar-refractivity contribution is -0.142. The van der Waals surface area contributed by atoms with E-state index in [0.717, 1.165) is 0 Å². The third-order valence-corrected chi connectivity index (χ3v) is 16.7. The summed E-state index contributed by atoms with van der Waals surface area (Å²) >= 11 is 0. The minimum atomic E-state index is -1.55. The molecule has 25 N–H and O–H groups in total. The number of benzene rings is 2. The first kappa shape index (κ1) is 80.8. The molecule has 0 unspecified atom stereocenters. The molecule has 0 bridgehead atoms. The van der Waals surface area contributed by atoms with Crippen LogP contribution in [-0.4, -0.2) is 192 Å². The van der Waals surface area contributed by atoms with E-state index in [1.54, 1.807) is 70.2 Å². The van der Waals surface area contributed by atoms with Gasteiger partial charge in [-0.25, -0.2) is 0 Å². The maximum absolute atomic E-state index is 14.9. The normalized spacial score (nSPS) is 20.1. The number of aromatic hydroxyl groups is 1. The Morgan fingerprint density at radius 2 is 1.28 bits per heavy atom. The summed E-state index contributed by atoms with van der Waals surface area (Å²) in [6.07, 6.45) is 1.91. The van der Waals surface area contributed by atoms with Gasteiger partial charge in [-0.2, -0.15) is 0 Å². The van der Waals surface area contributed by atoms with Gasteiger partial charge in [0.15, 0.2) is 11.9 Å². The molecule has 2 aliphatic heterocycles. The Balaban J connectivity index is 1.69. The van der Waals surface area contributed by atoms with Gasteiger partial charge < -0.3 is 103 Å². The van der Waals surface area contributed by atoms with Crippen LogP contribution in [0.5, 0.6) is 5.75 Å². The van der Waals surface area contributed by atoms with E-state index in [-0.39, 0.29) is 127 Å². The molecule has 2 heterocycles. The van der Waals surface area contributed by atoms with Crippen molar-refractivity contribution in [1.82, 2.24) is 58.1 Å².